The smallest absolute Gasteiger partial charge is 0.410 e. The number of amides is 2. The Labute approximate surface area is 195 Å². The molecule has 1 aromatic rings. The zero-order chi connectivity index (χ0) is 23.0. The largest absolute Gasteiger partial charge is 0.444 e. The summed E-state index contributed by atoms with van der Waals surface area (Å²) in [6.45, 7) is 8.19. The van der Waals surface area contributed by atoms with Gasteiger partial charge in [0.15, 0.2) is 0 Å². The number of likely N-dealkylation sites (N-methyl/N-ethyl adjacent to an activating group) is 1. The van der Waals surface area contributed by atoms with Crippen molar-refractivity contribution in [1.82, 2.24) is 14.7 Å². The van der Waals surface area contributed by atoms with Crippen molar-refractivity contribution in [3.63, 3.8) is 0 Å². The summed E-state index contributed by atoms with van der Waals surface area (Å²) in [4.78, 5) is 36.2. The minimum absolute atomic E-state index is 0.0690. The molecule has 2 amide bonds. The summed E-state index contributed by atoms with van der Waals surface area (Å²) in [5.41, 5.74) is 0.528. The fourth-order valence-electron chi connectivity index (χ4n) is 5.11. The van der Waals surface area contributed by atoms with Crippen LogP contribution in [0.25, 0.3) is 0 Å². The van der Waals surface area contributed by atoms with Crippen LogP contribution in [-0.2, 0) is 16.1 Å². The van der Waals surface area contributed by atoms with Crippen LogP contribution in [0.3, 0.4) is 0 Å². The summed E-state index contributed by atoms with van der Waals surface area (Å²) < 4.78 is 5.56. The first kappa shape index (κ1) is 22.9. The van der Waals surface area contributed by atoms with Gasteiger partial charge in [-0.15, -0.1) is 0 Å². The number of ether oxygens (including phenoxy) is 1. The molecule has 174 valence electrons. The topological polar surface area (TPSA) is 65.5 Å². The van der Waals surface area contributed by atoms with Gasteiger partial charge in [0.25, 0.3) is 0 Å². The predicted octanol–water partition coefficient (Wildman–Crippen LogP) is 3.66. The van der Waals surface area contributed by atoms with Gasteiger partial charge >= 0.3 is 6.09 Å². The summed E-state index contributed by atoms with van der Waals surface area (Å²) in [6.07, 6.45) is 3.28. The second-order valence-electron chi connectivity index (χ2n) is 10.3. The van der Waals surface area contributed by atoms with Crippen molar-refractivity contribution in [2.24, 2.45) is 16.8 Å². The Morgan fingerprint density at radius 3 is 2.44 bits per heavy atom. The SMILES string of the molecule is CN1C=NC(C(=O)N(Cc2cccc(Cl)c2)C2CC3CN(C(=O)OC(C)(C)C)CC3C2)C1. The molecule has 32 heavy (non-hydrogen) atoms. The van der Waals surface area contributed by atoms with Gasteiger partial charge in [-0.05, 0) is 63.1 Å². The van der Waals surface area contributed by atoms with E-state index in [0.717, 1.165) is 18.4 Å². The van der Waals surface area contributed by atoms with Crippen molar-refractivity contribution >= 4 is 29.9 Å². The Morgan fingerprint density at radius 1 is 1.19 bits per heavy atom. The molecule has 0 radical (unpaired) electrons. The van der Waals surface area contributed by atoms with Gasteiger partial charge in [0.05, 0.1) is 6.34 Å². The number of hydrogen-bond acceptors (Lipinski definition) is 5. The van der Waals surface area contributed by atoms with Crippen molar-refractivity contribution in [3.05, 3.63) is 34.9 Å². The van der Waals surface area contributed by atoms with Crippen molar-refractivity contribution in [2.75, 3.05) is 26.7 Å². The second kappa shape index (κ2) is 8.93. The van der Waals surface area contributed by atoms with E-state index in [1.54, 1.807) is 6.34 Å². The van der Waals surface area contributed by atoms with Gasteiger partial charge in [-0.1, -0.05) is 23.7 Å². The van der Waals surface area contributed by atoms with Crippen LogP contribution in [0, 0.1) is 11.8 Å². The second-order valence-corrected chi connectivity index (χ2v) is 10.8. The lowest BCUT2D eigenvalue weighted by molar-refractivity contribution is -0.135. The Balaban J connectivity index is 1.45. The van der Waals surface area contributed by atoms with Crippen LogP contribution in [0.15, 0.2) is 29.3 Å². The van der Waals surface area contributed by atoms with Crippen LogP contribution in [0.5, 0.6) is 0 Å². The number of halogens is 1. The van der Waals surface area contributed by atoms with Crippen molar-refractivity contribution in [2.45, 2.75) is 57.8 Å². The monoisotopic (exact) mass is 460 g/mol. The number of benzene rings is 1. The Bertz CT molecular complexity index is 885. The highest BCUT2D eigenvalue weighted by atomic mass is 35.5. The lowest BCUT2D eigenvalue weighted by Gasteiger charge is -2.32. The molecule has 1 saturated heterocycles. The zero-order valence-corrected chi connectivity index (χ0v) is 20.1. The number of nitrogens with zero attached hydrogens (tertiary/aromatic N) is 4. The number of carbonyl (C=O) groups is 2. The molecule has 0 aromatic heterocycles. The molecule has 7 nitrogen and oxygen atoms in total. The highest BCUT2D eigenvalue weighted by Crippen LogP contribution is 2.41. The van der Waals surface area contributed by atoms with E-state index < -0.39 is 5.60 Å². The van der Waals surface area contributed by atoms with Gasteiger partial charge in [-0.25, -0.2) is 4.79 Å². The highest BCUT2D eigenvalue weighted by molar-refractivity contribution is 6.30. The maximum absolute atomic E-state index is 13.5. The first-order valence-corrected chi connectivity index (χ1v) is 11.7. The lowest BCUT2D eigenvalue weighted by Crippen LogP contribution is -2.45. The standard InChI is InChI=1S/C24H33ClN4O3/c1-24(2,3)32-23(31)28-12-17-9-20(10-18(17)13-28)29(11-16-6-5-7-19(25)8-16)22(30)21-14-27(4)15-26-21/h5-8,15,17-18,20-21H,9-14H2,1-4H3. The quantitative estimate of drug-likeness (QED) is 0.687. The van der Waals surface area contributed by atoms with Gasteiger partial charge in [0, 0.05) is 44.3 Å². The van der Waals surface area contributed by atoms with Crippen molar-refractivity contribution in [1.29, 1.82) is 0 Å². The van der Waals surface area contributed by atoms with Gasteiger partial charge < -0.3 is 19.4 Å². The third-order valence-electron chi connectivity index (χ3n) is 6.53. The Kier molecular flexibility index (Phi) is 6.39. The van der Waals surface area contributed by atoms with Crippen molar-refractivity contribution in [3.8, 4) is 0 Å². The van der Waals surface area contributed by atoms with E-state index in [2.05, 4.69) is 4.99 Å². The third-order valence-corrected chi connectivity index (χ3v) is 6.77. The summed E-state index contributed by atoms with van der Waals surface area (Å²) in [6, 6.07) is 7.47. The summed E-state index contributed by atoms with van der Waals surface area (Å²) in [7, 11) is 1.93. The Hall–Kier alpha value is -2.28. The number of fused-ring (bicyclic) bond motifs is 1. The molecule has 1 saturated carbocycles. The molecule has 2 heterocycles. The van der Waals surface area contributed by atoms with Gasteiger partial charge in [0.2, 0.25) is 5.91 Å². The molecule has 8 heteroatoms. The van der Waals surface area contributed by atoms with E-state index in [1.807, 2.05) is 66.8 Å². The van der Waals surface area contributed by atoms with E-state index in [-0.39, 0.29) is 24.1 Å². The highest BCUT2D eigenvalue weighted by Gasteiger charge is 2.46. The average molecular weight is 461 g/mol. The molecule has 2 aliphatic heterocycles. The number of likely N-dealkylation sites (tertiary alicyclic amines) is 1. The predicted molar refractivity (Wildman–Crippen MR) is 125 cm³/mol. The van der Waals surface area contributed by atoms with Crippen molar-refractivity contribution < 1.29 is 14.3 Å². The fraction of sp³-hybridized carbons (Fsp3) is 0.625. The molecule has 1 aliphatic carbocycles. The van der Waals surface area contributed by atoms with Gasteiger partial charge in [0.1, 0.15) is 11.6 Å². The van der Waals surface area contributed by atoms with Crippen LogP contribution in [0.1, 0.15) is 39.2 Å². The zero-order valence-electron chi connectivity index (χ0n) is 19.3. The molecular weight excluding hydrogens is 428 g/mol. The Morgan fingerprint density at radius 2 is 1.88 bits per heavy atom. The lowest BCUT2D eigenvalue weighted by atomic mass is 10.0. The molecule has 3 unspecified atom stereocenters. The van der Waals surface area contributed by atoms with Crippen LogP contribution in [0.2, 0.25) is 5.02 Å². The molecule has 0 bridgehead atoms. The van der Waals surface area contributed by atoms with Crippen LogP contribution in [0.4, 0.5) is 4.79 Å². The van der Waals surface area contributed by atoms with Crippen LogP contribution >= 0.6 is 11.6 Å². The van der Waals surface area contributed by atoms with E-state index >= 15 is 0 Å². The van der Waals surface area contributed by atoms with Gasteiger partial charge in [-0.3, -0.25) is 9.79 Å². The van der Waals surface area contributed by atoms with E-state index in [1.165, 1.54) is 0 Å². The molecule has 3 aliphatic rings. The normalized spacial score (nSPS) is 27.0. The minimum atomic E-state index is -0.494. The van der Waals surface area contributed by atoms with Crippen LogP contribution < -0.4 is 0 Å². The summed E-state index contributed by atoms with van der Waals surface area (Å²) >= 11 is 6.20. The summed E-state index contributed by atoms with van der Waals surface area (Å²) in [5.74, 6) is 0.841. The molecule has 1 aromatic carbocycles. The average Bonchev–Trinajstić information content (AvgIpc) is 3.39. The molecule has 2 fully saturated rings. The summed E-state index contributed by atoms with van der Waals surface area (Å²) in [5, 5.41) is 0.671. The molecule has 4 rings (SSSR count). The molecular formula is C24H33ClN4O3. The fourth-order valence-corrected chi connectivity index (χ4v) is 5.32. The minimum Gasteiger partial charge on any atom is -0.444 e. The molecule has 3 atom stereocenters. The molecule has 0 N–H and O–H groups in total. The first-order valence-electron chi connectivity index (χ1n) is 11.4. The first-order chi connectivity index (χ1) is 15.1. The van der Waals surface area contributed by atoms with E-state index in [0.29, 0.717) is 43.0 Å². The number of hydrogen-bond donors (Lipinski definition) is 0. The molecule has 0 spiro atoms. The maximum Gasteiger partial charge on any atom is 0.410 e. The third kappa shape index (κ3) is 5.20. The maximum atomic E-state index is 13.5. The van der Waals surface area contributed by atoms with E-state index in [4.69, 9.17) is 16.3 Å². The number of carbonyl (C=O) groups excluding carboxylic acids is 2. The van der Waals surface area contributed by atoms with Crippen LogP contribution in [-0.4, -0.2) is 77.4 Å². The van der Waals surface area contributed by atoms with E-state index in [9.17, 15) is 9.59 Å². The number of rotatable bonds is 4. The van der Waals surface area contributed by atoms with Gasteiger partial charge in [-0.2, -0.15) is 0 Å². The number of aliphatic imine (C=N–C) groups is 1.